The molecule has 0 saturated heterocycles. The Morgan fingerprint density at radius 3 is 2.62 bits per heavy atom. The molecule has 3 aromatic rings. The Labute approximate surface area is 139 Å². The molecule has 0 fully saturated rings. The zero-order valence-electron chi connectivity index (χ0n) is 13.1. The van der Waals surface area contributed by atoms with Crippen molar-refractivity contribution in [3.05, 3.63) is 76.6 Å². The molecule has 0 spiro atoms. The van der Waals surface area contributed by atoms with E-state index >= 15 is 0 Å². The van der Waals surface area contributed by atoms with Crippen LogP contribution in [0.25, 0.3) is 10.9 Å². The summed E-state index contributed by atoms with van der Waals surface area (Å²) in [5.74, 6) is 0.578. The average Bonchev–Trinajstić information content (AvgIpc) is 2.61. The Morgan fingerprint density at radius 2 is 1.79 bits per heavy atom. The van der Waals surface area contributed by atoms with Gasteiger partial charge in [0.25, 0.3) is 5.56 Å². The van der Waals surface area contributed by atoms with Crippen LogP contribution in [0.5, 0.6) is 5.75 Å². The Balaban J connectivity index is 1.52. The van der Waals surface area contributed by atoms with Gasteiger partial charge in [0, 0.05) is 17.6 Å². The second kappa shape index (κ2) is 7.46. The van der Waals surface area contributed by atoms with Gasteiger partial charge in [0.05, 0.1) is 13.0 Å². The molecule has 0 bridgehead atoms. The third kappa shape index (κ3) is 4.01. The number of aromatic amines is 1. The van der Waals surface area contributed by atoms with Crippen LogP contribution >= 0.6 is 0 Å². The number of amides is 1. The molecule has 0 atom stereocenters. The molecule has 122 valence electrons. The lowest BCUT2D eigenvalue weighted by molar-refractivity contribution is -0.121. The van der Waals surface area contributed by atoms with Gasteiger partial charge in [-0.2, -0.15) is 0 Å². The van der Waals surface area contributed by atoms with Crippen molar-refractivity contribution < 1.29 is 9.53 Å². The third-order valence-electron chi connectivity index (χ3n) is 3.65. The maximum absolute atomic E-state index is 12.0. The van der Waals surface area contributed by atoms with Crippen LogP contribution in [0.15, 0.2) is 65.5 Å². The van der Waals surface area contributed by atoms with Crippen LogP contribution in [-0.4, -0.2) is 17.5 Å². The van der Waals surface area contributed by atoms with Gasteiger partial charge in [-0.3, -0.25) is 9.59 Å². The zero-order valence-corrected chi connectivity index (χ0v) is 13.1. The number of benzene rings is 2. The van der Waals surface area contributed by atoms with Crippen LogP contribution in [-0.2, 0) is 11.3 Å². The largest absolute Gasteiger partial charge is 0.493 e. The second-order valence-corrected chi connectivity index (χ2v) is 5.40. The number of hydrogen-bond acceptors (Lipinski definition) is 3. The van der Waals surface area contributed by atoms with Gasteiger partial charge in [-0.1, -0.05) is 36.4 Å². The lowest BCUT2D eigenvalue weighted by atomic mass is 10.1. The number of aromatic nitrogens is 1. The van der Waals surface area contributed by atoms with Gasteiger partial charge in [0.1, 0.15) is 5.75 Å². The van der Waals surface area contributed by atoms with Gasteiger partial charge in [0.15, 0.2) is 0 Å². The van der Waals surface area contributed by atoms with Crippen LogP contribution in [0.2, 0.25) is 0 Å². The first-order chi connectivity index (χ1) is 11.7. The average molecular weight is 322 g/mol. The molecule has 24 heavy (non-hydrogen) atoms. The lowest BCUT2D eigenvalue weighted by Gasteiger charge is -2.07. The maximum Gasteiger partial charge on any atom is 0.253 e. The molecule has 1 amide bonds. The van der Waals surface area contributed by atoms with Crippen LogP contribution in [0, 0.1) is 0 Å². The normalized spacial score (nSPS) is 10.5. The molecule has 0 aliphatic rings. The van der Waals surface area contributed by atoms with Gasteiger partial charge in [0.2, 0.25) is 5.91 Å². The van der Waals surface area contributed by atoms with E-state index < -0.39 is 0 Å². The SMILES string of the molecule is O=C(CCOc1ccccc1)NCc1cc2ccccc2[nH]c1=O. The summed E-state index contributed by atoms with van der Waals surface area (Å²) in [6, 6.07) is 18.7. The summed E-state index contributed by atoms with van der Waals surface area (Å²) in [7, 11) is 0. The minimum absolute atomic E-state index is 0.154. The summed E-state index contributed by atoms with van der Waals surface area (Å²) in [6.07, 6.45) is 0.236. The summed E-state index contributed by atoms with van der Waals surface area (Å²) in [4.78, 5) is 26.7. The van der Waals surface area contributed by atoms with Crippen LogP contribution in [0.4, 0.5) is 0 Å². The van der Waals surface area contributed by atoms with E-state index in [0.717, 1.165) is 16.7 Å². The molecular weight excluding hydrogens is 304 g/mol. The molecule has 0 aliphatic carbocycles. The summed E-state index contributed by atoms with van der Waals surface area (Å²) >= 11 is 0. The lowest BCUT2D eigenvalue weighted by Crippen LogP contribution is -2.27. The number of para-hydroxylation sites is 2. The van der Waals surface area contributed by atoms with Crippen molar-refractivity contribution in [3.63, 3.8) is 0 Å². The van der Waals surface area contributed by atoms with E-state index in [0.29, 0.717) is 12.2 Å². The first-order valence-corrected chi connectivity index (χ1v) is 7.78. The van der Waals surface area contributed by atoms with Crippen LogP contribution < -0.4 is 15.6 Å². The topological polar surface area (TPSA) is 71.2 Å². The summed E-state index contributed by atoms with van der Waals surface area (Å²) in [5.41, 5.74) is 1.13. The fraction of sp³-hybridized carbons (Fsp3) is 0.158. The van der Waals surface area contributed by atoms with Crippen molar-refractivity contribution in [3.8, 4) is 5.75 Å². The first-order valence-electron chi connectivity index (χ1n) is 7.78. The van der Waals surface area contributed by atoms with Gasteiger partial charge in [-0.05, 0) is 29.7 Å². The fourth-order valence-corrected chi connectivity index (χ4v) is 2.38. The standard InChI is InChI=1S/C19H18N2O3/c22-18(10-11-24-16-7-2-1-3-8-16)20-13-15-12-14-6-4-5-9-17(14)21-19(15)23/h1-9,12H,10-11,13H2,(H,20,22)(H,21,23). The third-order valence-corrected chi connectivity index (χ3v) is 3.65. The molecule has 1 heterocycles. The quantitative estimate of drug-likeness (QED) is 0.733. The molecular formula is C19H18N2O3. The molecule has 0 radical (unpaired) electrons. The number of rotatable bonds is 6. The Bertz CT molecular complexity index is 888. The monoisotopic (exact) mass is 322 g/mol. The van der Waals surface area contributed by atoms with Gasteiger partial charge in [-0.15, -0.1) is 0 Å². The molecule has 0 unspecified atom stereocenters. The summed E-state index contributed by atoms with van der Waals surface area (Å²) in [6.45, 7) is 0.494. The zero-order chi connectivity index (χ0) is 16.8. The van der Waals surface area contributed by atoms with Crippen molar-refractivity contribution in [2.75, 3.05) is 6.61 Å². The van der Waals surface area contributed by atoms with Crippen molar-refractivity contribution >= 4 is 16.8 Å². The molecule has 0 aliphatic heterocycles. The van der Waals surface area contributed by atoms with Crippen molar-refractivity contribution in [1.82, 2.24) is 10.3 Å². The van der Waals surface area contributed by atoms with E-state index in [1.165, 1.54) is 0 Å². The van der Waals surface area contributed by atoms with Crippen LogP contribution in [0.3, 0.4) is 0 Å². The number of nitrogens with one attached hydrogen (secondary N) is 2. The van der Waals surface area contributed by atoms with E-state index in [9.17, 15) is 9.59 Å². The highest BCUT2D eigenvalue weighted by Crippen LogP contribution is 2.10. The molecule has 2 N–H and O–H groups in total. The number of ether oxygens (including phenoxy) is 1. The smallest absolute Gasteiger partial charge is 0.253 e. The number of carbonyl (C=O) groups excluding carboxylic acids is 1. The molecule has 2 aromatic carbocycles. The second-order valence-electron chi connectivity index (χ2n) is 5.40. The molecule has 5 nitrogen and oxygen atoms in total. The number of H-pyrrole nitrogens is 1. The van der Waals surface area contributed by atoms with E-state index in [4.69, 9.17) is 4.74 Å². The predicted molar refractivity (Wildman–Crippen MR) is 93.0 cm³/mol. The molecule has 5 heteroatoms. The number of hydrogen-bond donors (Lipinski definition) is 2. The number of fused-ring (bicyclic) bond motifs is 1. The maximum atomic E-state index is 12.0. The van der Waals surface area contributed by atoms with E-state index in [2.05, 4.69) is 10.3 Å². The highest BCUT2D eigenvalue weighted by Gasteiger charge is 2.06. The highest BCUT2D eigenvalue weighted by molar-refractivity contribution is 5.79. The Hall–Kier alpha value is -3.08. The van der Waals surface area contributed by atoms with Gasteiger partial charge >= 0.3 is 0 Å². The first kappa shape index (κ1) is 15.8. The summed E-state index contributed by atoms with van der Waals surface area (Å²) in [5, 5.41) is 3.69. The Morgan fingerprint density at radius 1 is 1.04 bits per heavy atom. The molecule has 0 saturated carbocycles. The number of carbonyl (C=O) groups is 1. The molecule has 3 rings (SSSR count). The minimum Gasteiger partial charge on any atom is -0.493 e. The van der Waals surface area contributed by atoms with E-state index in [1.54, 1.807) is 6.07 Å². The Kier molecular flexibility index (Phi) is 4.91. The van der Waals surface area contributed by atoms with Crippen molar-refractivity contribution in [1.29, 1.82) is 0 Å². The van der Waals surface area contributed by atoms with Gasteiger partial charge < -0.3 is 15.0 Å². The van der Waals surface area contributed by atoms with Crippen molar-refractivity contribution in [2.24, 2.45) is 0 Å². The minimum atomic E-state index is -0.186. The highest BCUT2D eigenvalue weighted by atomic mass is 16.5. The van der Waals surface area contributed by atoms with Crippen LogP contribution in [0.1, 0.15) is 12.0 Å². The summed E-state index contributed by atoms with van der Waals surface area (Å²) < 4.78 is 5.48. The van der Waals surface area contributed by atoms with E-state index in [-0.39, 0.29) is 24.4 Å². The molecule has 1 aromatic heterocycles. The van der Waals surface area contributed by atoms with Crippen molar-refractivity contribution in [2.45, 2.75) is 13.0 Å². The van der Waals surface area contributed by atoms with E-state index in [1.807, 2.05) is 54.6 Å². The predicted octanol–water partition coefficient (Wildman–Crippen LogP) is 2.61. The van der Waals surface area contributed by atoms with Gasteiger partial charge in [-0.25, -0.2) is 0 Å². The fourth-order valence-electron chi connectivity index (χ4n) is 2.38. The number of pyridine rings is 1.